The highest BCUT2D eigenvalue weighted by molar-refractivity contribution is 5.77. The highest BCUT2D eigenvalue weighted by Gasteiger charge is 2.33. The van der Waals surface area contributed by atoms with E-state index < -0.39 is 29.6 Å². The molecule has 0 spiro atoms. The van der Waals surface area contributed by atoms with Gasteiger partial charge in [0.05, 0.1) is 12.0 Å². The van der Waals surface area contributed by atoms with E-state index in [1.807, 2.05) is 6.92 Å². The minimum absolute atomic E-state index is 0.0918. The van der Waals surface area contributed by atoms with Crippen molar-refractivity contribution in [3.8, 4) is 0 Å². The molecule has 0 saturated carbocycles. The second-order valence-corrected chi connectivity index (χ2v) is 7.13. The van der Waals surface area contributed by atoms with Gasteiger partial charge in [-0.25, -0.2) is 13.6 Å². The highest BCUT2D eigenvalue weighted by Crippen LogP contribution is 2.32. The van der Waals surface area contributed by atoms with Gasteiger partial charge >= 0.3 is 12.0 Å². The molecule has 1 aromatic carbocycles. The summed E-state index contributed by atoms with van der Waals surface area (Å²) in [5.41, 5.74) is 0.935. The van der Waals surface area contributed by atoms with Crippen molar-refractivity contribution < 1.29 is 23.5 Å². The monoisotopic (exact) mass is 352 g/mol. The van der Waals surface area contributed by atoms with Crippen LogP contribution in [0.1, 0.15) is 43.4 Å². The van der Waals surface area contributed by atoms with E-state index in [9.17, 15) is 23.5 Å². The second kappa shape index (κ2) is 6.98. The maximum atomic E-state index is 14.0. The van der Waals surface area contributed by atoms with E-state index in [1.54, 1.807) is 0 Å². The number of carbonyl (C=O) groups is 2. The first-order valence-corrected chi connectivity index (χ1v) is 8.61. The summed E-state index contributed by atoms with van der Waals surface area (Å²) in [7, 11) is 0. The molecule has 0 radical (unpaired) electrons. The van der Waals surface area contributed by atoms with Gasteiger partial charge in [0.25, 0.3) is 0 Å². The van der Waals surface area contributed by atoms with Crippen molar-refractivity contribution in [3.05, 3.63) is 34.9 Å². The Bertz CT molecular complexity index is 695. The van der Waals surface area contributed by atoms with Crippen LogP contribution in [0.4, 0.5) is 13.6 Å². The Labute approximate surface area is 145 Å². The van der Waals surface area contributed by atoms with Gasteiger partial charge in [-0.3, -0.25) is 4.79 Å². The fraction of sp³-hybridized carbons (Fsp3) is 0.556. The molecule has 1 fully saturated rings. The molecule has 2 N–H and O–H groups in total. The number of nitrogens with zero attached hydrogens (tertiary/aromatic N) is 1. The second-order valence-electron chi connectivity index (χ2n) is 7.13. The number of halogens is 2. The summed E-state index contributed by atoms with van der Waals surface area (Å²) in [5, 5.41) is 12.1. The number of urea groups is 1. The molecular weight excluding hydrogens is 330 g/mol. The van der Waals surface area contributed by atoms with Crippen LogP contribution in [0.5, 0.6) is 0 Å². The molecule has 0 bridgehead atoms. The maximum Gasteiger partial charge on any atom is 0.317 e. The number of amides is 2. The van der Waals surface area contributed by atoms with Gasteiger partial charge in [0.2, 0.25) is 0 Å². The van der Waals surface area contributed by atoms with Gasteiger partial charge in [-0.2, -0.15) is 0 Å². The van der Waals surface area contributed by atoms with Gasteiger partial charge in [0.1, 0.15) is 11.6 Å². The van der Waals surface area contributed by atoms with Crippen LogP contribution in [-0.2, 0) is 11.2 Å². The van der Waals surface area contributed by atoms with E-state index >= 15 is 0 Å². The molecule has 3 atom stereocenters. The zero-order chi connectivity index (χ0) is 18.1. The van der Waals surface area contributed by atoms with Gasteiger partial charge < -0.3 is 15.3 Å². The molecule has 3 rings (SSSR count). The molecule has 136 valence electrons. The molecule has 2 amide bonds. The lowest BCUT2D eigenvalue weighted by Gasteiger charge is -2.36. The van der Waals surface area contributed by atoms with Crippen molar-refractivity contribution in [2.45, 2.75) is 38.6 Å². The minimum Gasteiger partial charge on any atom is -0.481 e. The number of aliphatic carboxylic acids is 1. The Morgan fingerprint density at radius 1 is 1.28 bits per heavy atom. The molecule has 7 heteroatoms. The Morgan fingerprint density at radius 3 is 2.76 bits per heavy atom. The topological polar surface area (TPSA) is 69.6 Å². The summed E-state index contributed by atoms with van der Waals surface area (Å²) in [4.78, 5) is 25.3. The molecule has 1 heterocycles. The summed E-state index contributed by atoms with van der Waals surface area (Å²) in [6.45, 7) is 2.55. The van der Waals surface area contributed by atoms with Crippen molar-refractivity contribution in [1.29, 1.82) is 0 Å². The van der Waals surface area contributed by atoms with Crippen molar-refractivity contribution in [1.82, 2.24) is 10.2 Å². The lowest BCUT2D eigenvalue weighted by molar-refractivity contribution is -0.143. The Balaban J connectivity index is 1.75. The van der Waals surface area contributed by atoms with E-state index in [0.29, 0.717) is 43.4 Å². The number of nitrogens with one attached hydrogen (secondary N) is 1. The molecule has 1 aromatic rings. The van der Waals surface area contributed by atoms with Gasteiger partial charge in [0.15, 0.2) is 0 Å². The molecule has 1 saturated heterocycles. The van der Waals surface area contributed by atoms with Gasteiger partial charge in [-0.15, -0.1) is 0 Å². The number of carbonyl (C=O) groups excluding carboxylic acids is 1. The summed E-state index contributed by atoms with van der Waals surface area (Å²) in [6.07, 6.45) is 2.37. The summed E-state index contributed by atoms with van der Waals surface area (Å²) >= 11 is 0. The van der Waals surface area contributed by atoms with Crippen LogP contribution in [0.2, 0.25) is 0 Å². The standard InChI is InChI=1S/C18H22F2N2O3/c1-10-5-11(17(23)24)9-22(8-10)18(25)21-16-4-2-3-13-14(16)6-12(19)7-15(13)20/h6-7,10-11,16H,2-5,8-9H2,1H3,(H,21,25)(H,23,24)/t10?,11?,16-/m1/s1. The van der Waals surface area contributed by atoms with E-state index in [0.717, 1.165) is 6.07 Å². The fourth-order valence-corrected chi connectivity index (χ4v) is 3.92. The number of carboxylic acid groups (broad SMARTS) is 1. The molecule has 1 aliphatic carbocycles. The zero-order valence-electron chi connectivity index (χ0n) is 14.1. The van der Waals surface area contributed by atoms with Crippen LogP contribution < -0.4 is 5.32 Å². The third-order valence-corrected chi connectivity index (χ3v) is 5.08. The quantitative estimate of drug-likeness (QED) is 0.859. The largest absolute Gasteiger partial charge is 0.481 e. The third-order valence-electron chi connectivity index (χ3n) is 5.08. The van der Waals surface area contributed by atoms with Crippen molar-refractivity contribution in [2.75, 3.05) is 13.1 Å². The lowest BCUT2D eigenvalue weighted by Crippen LogP contribution is -2.50. The zero-order valence-corrected chi connectivity index (χ0v) is 14.1. The third kappa shape index (κ3) is 3.75. The van der Waals surface area contributed by atoms with E-state index in [1.165, 1.54) is 11.0 Å². The van der Waals surface area contributed by atoms with E-state index in [-0.39, 0.29) is 18.5 Å². The lowest BCUT2D eigenvalue weighted by atomic mass is 9.87. The van der Waals surface area contributed by atoms with E-state index in [4.69, 9.17) is 0 Å². The Hall–Kier alpha value is -2.18. The number of fused-ring (bicyclic) bond motifs is 1. The molecule has 1 aliphatic heterocycles. The van der Waals surface area contributed by atoms with Crippen LogP contribution in [0.3, 0.4) is 0 Å². The summed E-state index contributed by atoms with van der Waals surface area (Å²) in [5.74, 6) is -2.63. The van der Waals surface area contributed by atoms with Gasteiger partial charge in [-0.1, -0.05) is 6.92 Å². The predicted molar refractivity (Wildman–Crippen MR) is 87.0 cm³/mol. The molecule has 5 nitrogen and oxygen atoms in total. The van der Waals surface area contributed by atoms with E-state index in [2.05, 4.69) is 5.32 Å². The van der Waals surface area contributed by atoms with Crippen LogP contribution in [0.25, 0.3) is 0 Å². The first-order valence-electron chi connectivity index (χ1n) is 8.61. The Morgan fingerprint density at radius 2 is 2.04 bits per heavy atom. The molecular formula is C18H22F2N2O3. The smallest absolute Gasteiger partial charge is 0.317 e. The number of benzene rings is 1. The van der Waals surface area contributed by atoms with Gasteiger partial charge in [0, 0.05) is 19.2 Å². The SMILES string of the molecule is CC1CC(C(=O)O)CN(C(=O)N[C@@H]2CCCc3c(F)cc(F)cc32)C1. The maximum absolute atomic E-state index is 14.0. The normalized spacial score (nSPS) is 26.0. The first kappa shape index (κ1) is 17.6. The molecule has 0 aromatic heterocycles. The molecule has 25 heavy (non-hydrogen) atoms. The highest BCUT2D eigenvalue weighted by atomic mass is 19.1. The summed E-state index contributed by atoms with van der Waals surface area (Å²) in [6, 6.07) is 1.32. The number of hydrogen-bond donors (Lipinski definition) is 2. The Kier molecular flexibility index (Phi) is 4.92. The van der Waals surface area contributed by atoms with Crippen LogP contribution >= 0.6 is 0 Å². The van der Waals surface area contributed by atoms with Crippen LogP contribution in [-0.4, -0.2) is 35.1 Å². The predicted octanol–water partition coefficient (Wildman–Crippen LogP) is 3.09. The number of rotatable bonds is 2. The van der Waals surface area contributed by atoms with Crippen molar-refractivity contribution in [2.24, 2.45) is 11.8 Å². The number of likely N-dealkylation sites (tertiary alicyclic amines) is 1. The first-order chi connectivity index (χ1) is 11.8. The van der Waals surface area contributed by atoms with Crippen LogP contribution in [0, 0.1) is 23.5 Å². The molecule has 2 aliphatic rings. The molecule has 2 unspecified atom stereocenters. The fourth-order valence-electron chi connectivity index (χ4n) is 3.92. The summed E-state index contributed by atoms with van der Waals surface area (Å²) < 4.78 is 27.5. The number of hydrogen-bond acceptors (Lipinski definition) is 2. The van der Waals surface area contributed by atoms with Gasteiger partial charge in [-0.05, 0) is 48.8 Å². The average molecular weight is 352 g/mol. The van der Waals surface area contributed by atoms with Crippen molar-refractivity contribution >= 4 is 12.0 Å². The number of piperidine rings is 1. The van der Waals surface area contributed by atoms with Crippen LogP contribution in [0.15, 0.2) is 12.1 Å². The van der Waals surface area contributed by atoms with Crippen molar-refractivity contribution in [3.63, 3.8) is 0 Å². The minimum atomic E-state index is -0.906. The average Bonchev–Trinajstić information content (AvgIpc) is 2.54. The number of carboxylic acids is 1.